The number of hydrogen-bond acceptors (Lipinski definition) is 10. The van der Waals surface area contributed by atoms with E-state index in [9.17, 15) is 35.7 Å². The second kappa shape index (κ2) is 8.32. The van der Waals surface area contributed by atoms with Crippen LogP contribution in [0.4, 0.5) is 0 Å². The molecule has 2 heterocycles. The van der Waals surface area contributed by atoms with Crippen molar-refractivity contribution < 1.29 is 45.2 Å². The van der Waals surface area contributed by atoms with Crippen LogP contribution in [0.3, 0.4) is 0 Å². The van der Waals surface area contributed by atoms with Crippen molar-refractivity contribution in [2.45, 2.75) is 73.9 Å². The molecule has 2 aliphatic heterocycles. The molecule has 2 saturated heterocycles. The minimum atomic E-state index is -1.43. The summed E-state index contributed by atoms with van der Waals surface area (Å²) >= 11 is 0. The molecule has 142 valence electrons. The molecular weight excluding hydrogens is 326 g/mol. The second-order valence-electron chi connectivity index (χ2n) is 6.36. The summed E-state index contributed by atoms with van der Waals surface area (Å²) in [7, 11) is 1.30. The van der Waals surface area contributed by atoms with Gasteiger partial charge in [-0.2, -0.15) is 0 Å². The molecule has 0 saturated carbocycles. The Morgan fingerprint density at radius 1 is 0.792 bits per heavy atom. The summed E-state index contributed by atoms with van der Waals surface area (Å²) in [6.45, 7) is -0.416. The lowest BCUT2D eigenvalue weighted by molar-refractivity contribution is -0.291. The van der Waals surface area contributed by atoms with Gasteiger partial charge in [-0.05, 0) is 12.8 Å². The summed E-state index contributed by atoms with van der Waals surface area (Å²) in [6, 6.07) is -1.44. The molecule has 0 bridgehead atoms. The van der Waals surface area contributed by atoms with Crippen LogP contribution in [-0.2, 0) is 9.47 Å². The SMILES string of the molecule is CO[C@H]1O[C@H](CC[C@@H]2N[C@H](CO)[C@@H](O)[C@H](O)[C@@H]2O)[C@@H](O)[C@H](O)[C@@H]1O. The third-order valence-corrected chi connectivity index (χ3v) is 4.81. The summed E-state index contributed by atoms with van der Waals surface area (Å²) in [4.78, 5) is 0. The smallest absolute Gasteiger partial charge is 0.186 e. The molecule has 0 radical (unpaired) electrons. The van der Waals surface area contributed by atoms with E-state index in [2.05, 4.69) is 5.32 Å². The molecule has 8 N–H and O–H groups in total. The van der Waals surface area contributed by atoms with Crippen LogP contribution in [0.25, 0.3) is 0 Å². The molecule has 10 nitrogen and oxygen atoms in total. The van der Waals surface area contributed by atoms with Gasteiger partial charge in [-0.15, -0.1) is 0 Å². The van der Waals surface area contributed by atoms with E-state index in [4.69, 9.17) is 9.47 Å². The summed E-state index contributed by atoms with van der Waals surface area (Å²) in [5.41, 5.74) is 0. The number of aliphatic hydroxyl groups excluding tert-OH is 7. The number of piperidine rings is 1. The quantitative estimate of drug-likeness (QED) is 0.241. The monoisotopic (exact) mass is 353 g/mol. The minimum absolute atomic E-state index is 0.181. The third-order valence-electron chi connectivity index (χ3n) is 4.81. The molecule has 0 aromatic rings. The van der Waals surface area contributed by atoms with Crippen molar-refractivity contribution >= 4 is 0 Å². The van der Waals surface area contributed by atoms with Gasteiger partial charge in [0, 0.05) is 13.2 Å². The summed E-state index contributed by atoms with van der Waals surface area (Å²) in [5, 5.41) is 71.2. The topological polar surface area (TPSA) is 172 Å². The normalized spacial score (nSPS) is 50.0. The predicted octanol–water partition coefficient (Wildman–Crippen LogP) is -4.36. The maximum Gasteiger partial charge on any atom is 0.186 e. The molecule has 0 unspecified atom stereocenters. The van der Waals surface area contributed by atoms with Gasteiger partial charge in [-0.1, -0.05) is 0 Å². The Balaban J connectivity index is 1.96. The maximum absolute atomic E-state index is 10.0. The van der Waals surface area contributed by atoms with E-state index < -0.39 is 67.7 Å². The van der Waals surface area contributed by atoms with Crippen molar-refractivity contribution in [2.24, 2.45) is 0 Å². The van der Waals surface area contributed by atoms with Gasteiger partial charge in [0.05, 0.1) is 31.0 Å². The summed E-state index contributed by atoms with van der Waals surface area (Å²) < 4.78 is 10.3. The first-order chi connectivity index (χ1) is 11.3. The third kappa shape index (κ3) is 3.88. The van der Waals surface area contributed by atoms with Crippen molar-refractivity contribution in [3.63, 3.8) is 0 Å². The number of nitrogens with one attached hydrogen (secondary N) is 1. The van der Waals surface area contributed by atoms with Crippen LogP contribution < -0.4 is 5.32 Å². The highest BCUT2D eigenvalue weighted by Gasteiger charge is 2.45. The first-order valence-corrected chi connectivity index (χ1v) is 7.95. The minimum Gasteiger partial charge on any atom is -0.395 e. The Labute approximate surface area is 139 Å². The van der Waals surface area contributed by atoms with Crippen molar-refractivity contribution in [2.75, 3.05) is 13.7 Å². The number of hydrogen-bond donors (Lipinski definition) is 8. The van der Waals surface area contributed by atoms with Gasteiger partial charge in [-0.25, -0.2) is 0 Å². The Morgan fingerprint density at radius 3 is 1.96 bits per heavy atom. The number of ether oxygens (including phenoxy) is 2. The highest BCUT2D eigenvalue weighted by Crippen LogP contribution is 2.26. The van der Waals surface area contributed by atoms with E-state index in [0.717, 1.165) is 0 Å². The van der Waals surface area contributed by atoms with Crippen LogP contribution in [0.5, 0.6) is 0 Å². The molecule has 10 heteroatoms. The van der Waals surface area contributed by atoms with Gasteiger partial charge in [0.25, 0.3) is 0 Å². The maximum atomic E-state index is 10.0. The van der Waals surface area contributed by atoms with Gasteiger partial charge >= 0.3 is 0 Å². The lowest BCUT2D eigenvalue weighted by atomic mass is 9.86. The summed E-state index contributed by atoms with van der Waals surface area (Å²) in [5.74, 6) is 0. The Kier molecular flexibility index (Phi) is 6.90. The van der Waals surface area contributed by atoms with Crippen LogP contribution in [0, 0.1) is 0 Å². The van der Waals surface area contributed by atoms with E-state index in [1.807, 2.05) is 0 Å². The predicted molar refractivity (Wildman–Crippen MR) is 78.7 cm³/mol. The van der Waals surface area contributed by atoms with Crippen LogP contribution in [0.1, 0.15) is 12.8 Å². The number of aliphatic hydroxyl groups is 7. The zero-order valence-electron chi connectivity index (χ0n) is 13.3. The van der Waals surface area contributed by atoms with Crippen molar-refractivity contribution in [3.8, 4) is 0 Å². The van der Waals surface area contributed by atoms with Gasteiger partial charge in [0.1, 0.15) is 24.4 Å². The standard InChI is InChI=1S/C14H27NO9/c1-23-14-13(22)12(21)10(19)7(24-14)3-2-5-8(17)11(20)9(18)6(4-16)15-5/h5-22H,2-4H2,1H3/t5-,6+,7+,8+,9+,10+,11+,12-,13-,14-/m0/s1. The molecule has 0 aromatic heterocycles. The molecule has 0 spiro atoms. The second-order valence-corrected chi connectivity index (χ2v) is 6.36. The molecule has 0 aliphatic carbocycles. The van der Waals surface area contributed by atoms with E-state index in [0.29, 0.717) is 0 Å². The van der Waals surface area contributed by atoms with E-state index in [-0.39, 0.29) is 12.8 Å². The lowest BCUT2D eigenvalue weighted by Gasteiger charge is -2.43. The fourth-order valence-electron chi connectivity index (χ4n) is 3.26. The molecule has 10 atom stereocenters. The van der Waals surface area contributed by atoms with Crippen LogP contribution in [-0.4, -0.2) is 111 Å². The Hall–Kier alpha value is -0.400. The fourth-order valence-corrected chi connectivity index (χ4v) is 3.26. The van der Waals surface area contributed by atoms with E-state index in [1.54, 1.807) is 0 Å². The van der Waals surface area contributed by atoms with Crippen molar-refractivity contribution in [1.82, 2.24) is 5.32 Å². The molecule has 2 fully saturated rings. The average Bonchev–Trinajstić information content (AvgIpc) is 2.58. The average molecular weight is 353 g/mol. The van der Waals surface area contributed by atoms with Gasteiger partial charge in [0.2, 0.25) is 0 Å². The first kappa shape index (κ1) is 19.9. The van der Waals surface area contributed by atoms with Gasteiger partial charge < -0.3 is 50.5 Å². The van der Waals surface area contributed by atoms with Crippen molar-refractivity contribution in [1.29, 1.82) is 0 Å². The molecule has 2 rings (SSSR count). The summed E-state index contributed by atoms with van der Waals surface area (Å²) in [6.07, 6.45) is -9.66. The largest absolute Gasteiger partial charge is 0.395 e. The highest BCUT2D eigenvalue weighted by atomic mass is 16.7. The van der Waals surface area contributed by atoms with Crippen molar-refractivity contribution in [3.05, 3.63) is 0 Å². The highest BCUT2D eigenvalue weighted by molar-refractivity contribution is 4.99. The van der Waals surface area contributed by atoms with Gasteiger partial charge in [-0.3, -0.25) is 0 Å². The van der Waals surface area contributed by atoms with E-state index >= 15 is 0 Å². The fraction of sp³-hybridized carbons (Fsp3) is 1.00. The van der Waals surface area contributed by atoms with Gasteiger partial charge in [0.15, 0.2) is 6.29 Å². The molecular formula is C14H27NO9. The first-order valence-electron chi connectivity index (χ1n) is 7.95. The molecule has 2 aliphatic rings. The van der Waals surface area contributed by atoms with Crippen LogP contribution >= 0.6 is 0 Å². The zero-order valence-corrected chi connectivity index (χ0v) is 13.3. The van der Waals surface area contributed by atoms with E-state index in [1.165, 1.54) is 7.11 Å². The number of methoxy groups -OCH3 is 1. The molecule has 0 amide bonds. The Bertz CT molecular complexity index is 360. The Morgan fingerprint density at radius 2 is 1.38 bits per heavy atom. The zero-order chi connectivity index (χ0) is 18.0. The number of rotatable bonds is 5. The molecule has 24 heavy (non-hydrogen) atoms. The lowest BCUT2D eigenvalue weighted by Crippen LogP contribution is -2.66. The van der Waals surface area contributed by atoms with Crippen LogP contribution in [0.15, 0.2) is 0 Å². The molecule has 0 aromatic carbocycles. The van der Waals surface area contributed by atoms with Crippen LogP contribution in [0.2, 0.25) is 0 Å².